The van der Waals surface area contributed by atoms with Gasteiger partial charge in [-0.15, -0.1) is 0 Å². The maximum absolute atomic E-state index is 11.8. The minimum atomic E-state index is 0.0714. The van der Waals surface area contributed by atoms with Gasteiger partial charge >= 0.3 is 0 Å². The summed E-state index contributed by atoms with van der Waals surface area (Å²) in [5.74, 6) is 0.817. The number of hydrogen-bond donors (Lipinski definition) is 0. The van der Waals surface area contributed by atoms with Crippen LogP contribution in [0.3, 0.4) is 0 Å². The molecule has 1 heterocycles. The lowest BCUT2D eigenvalue weighted by Crippen LogP contribution is -2.28. The SMILES string of the molecule is CC1(C(=O)C2CCOCC2)CC1. The highest BCUT2D eigenvalue weighted by atomic mass is 16.5. The highest BCUT2D eigenvalue weighted by Crippen LogP contribution is 2.48. The number of carbonyl (C=O) groups excluding carboxylic acids is 1. The Morgan fingerprint density at radius 3 is 2.42 bits per heavy atom. The lowest BCUT2D eigenvalue weighted by molar-refractivity contribution is -0.130. The molecule has 0 aromatic rings. The molecule has 2 nitrogen and oxygen atoms in total. The first kappa shape index (κ1) is 8.24. The largest absolute Gasteiger partial charge is 0.381 e. The predicted molar refractivity (Wildman–Crippen MR) is 45.9 cm³/mol. The van der Waals surface area contributed by atoms with Crippen molar-refractivity contribution in [3.63, 3.8) is 0 Å². The van der Waals surface area contributed by atoms with Gasteiger partial charge in [0, 0.05) is 24.5 Å². The van der Waals surface area contributed by atoms with Crippen molar-refractivity contribution in [1.82, 2.24) is 0 Å². The van der Waals surface area contributed by atoms with Crippen LogP contribution >= 0.6 is 0 Å². The number of ether oxygens (including phenoxy) is 1. The number of rotatable bonds is 2. The van der Waals surface area contributed by atoms with Gasteiger partial charge in [0.15, 0.2) is 0 Å². The van der Waals surface area contributed by atoms with E-state index in [0.717, 1.165) is 38.9 Å². The molecule has 2 fully saturated rings. The molecule has 1 aliphatic carbocycles. The van der Waals surface area contributed by atoms with Gasteiger partial charge in [-0.25, -0.2) is 0 Å². The van der Waals surface area contributed by atoms with Gasteiger partial charge in [-0.3, -0.25) is 4.79 Å². The van der Waals surface area contributed by atoms with Crippen LogP contribution in [0.1, 0.15) is 32.6 Å². The van der Waals surface area contributed by atoms with E-state index < -0.39 is 0 Å². The third kappa shape index (κ3) is 1.40. The van der Waals surface area contributed by atoms with Crippen molar-refractivity contribution < 1.29 is 9.53 Å². The number of ketones is 1. The molecule has 1 saturated carbocycles. The lowest BCUT2D eigenvalue weighted by Gasteiger charge is -2.23. The molecule has 68 valence electrons. The van der Waals surface area contributed by atoms with Crippen LogP contribution in [0.4, 0.5) is 0 Å². The zero-order chi connectivity index (χ0) is 8.60. The van der Waals surface area contributed by atoms with Gasteiger partial charge < -0.3 is 4.74 Å². The molecule has 0 aromatic heterocycles. The minimum Gasteiger partial charge on any atom is -0.381 e. The number of carbonyl (C=O) groups is 1. The van der Waals surface area contributed by atoms with E-state index in [2.05, 4.69) is 6.92 Å². The van der Waals surface area contributed by atoms with Crippen molar-refractivity contribution in [2.45, 2.75) is 32.6 Å². The summed E-state index contributed by atoms with van der Waals surface area (Å²) in [6, 6.07) is 0. The zero-order valence-electron chi connectivity index (χ0n) is 7.64. The highest BCUT2D eigenvalue weighted by molar-refractivity contribution is 5.89. The van der Waals surface area contributed by atoms with Crippen LogP contribution in [0, 0.1) is 11.3 Å². The zero-order valence-corrected chi connectivity index (χ0v) is 7.64. The third-order valence-electron chi connectivity index (χ3n) is 3.19. The molecule has 0 radical (unpaired) electrons. The Balaban J connectivity index is 1.94. The number of Topliss-reactive ketones (excluding diaryl/α,β-unsaturated/α-hetero) is 1. The fourth-order valence-corrected chi connectivity index (χ4v) is 1.89. The average Bonchev–Trinajstić information content (AvgIpc) is 2.85. The summed E-state index contributed by atoms with van der Waals surface area (Å²) >= 11 is 0. The third-order valence-corrected chi connectivity index (χ3v) is 3.19. The van der Waals surface area contributed by atoms with Crippen molar-refractivity contribution in [3.05, 3.63) is 0 Å². The number of hydrogen-bond acceptors (Lipinski definition) is 2. The van der Waals surface area contributed by atoms with Gasteiger partial charge in [0.05, 0.1) is 0 Å². The van der Waals surface area contributed by atoms with Crippen LogP contribution < -0.4 is 0 Å². The Labute approximate surface area is 73.3 Å². The molecular weight excluding hydrogens is 152 g/mol. The van der Waals surface area contributed by atoms with E-state index in [9.17, 15) is 4.79 Å². The van der Waals surface area contributed by atoms with E-state index in [4.69, 9.17) is 4.74 Å². The molecule has 2 rings (SSSR count). The molecule has 0 spiro atoms. The smallest absolute Gasteiger partial charge is 0.141 e. The highest BCUT2D eigenvalue weighted by Gasteiger charge is 2.47. The summed E-state index contributed by atoms with van der Waals surface area (Å²) in [6.45, 7) is 3.67. The first-order chi connectivity index (χ1) is 5.72. The first-order valence-electron chi connectivity index (χ1n) is 4.84. The van der Waals surface area contributed by atoms with Crippen LogP contribution in [-0.4, -0.2) is 19.0 Å². The van der Waals surface area contributed by atoms with E-state index in [1.807, 2.05) is 0 Å². The summed E-state index contributed by atoms with van der Waals surface area (Å²) in [7, 11) is 0. The summed E-state index contributed by atoms with van der Waals surface area (Å²) in [4.78, 5) is 11.8. The topological polar surface area (TPSA) is 26.3 Å². The maximum Gasteiger partial charge on any atom is 0.141 e. The fraction of sp³-hybridized carbons (Fsp3) is 0.900. The quantitative estimate of drug-likeness (QED) is 0.628. The molecule has 0 unspecified atom stereocenters. The Hall–Kier alpha value is -0.370. The van der Waals surface area contributed by atoms with Gasteiger partial charge in [-0.1, -0.05) is 6.92 Å². The predicted octanol–water partition coefficient (Wildman–Crippen LogP) is 1.78. The van der Waals surface area contributed by atoms with Crippen molar-refractivity contribution >= 4 is 5.78 Å². The fourth-order valence-electron chi connectivity index (χ4n) is 1.89. The maximum atomic E-state index is 11.8. The molecule has 0 N–H and O–H groups in total. The molecule has 2 heteroatoms. The Kier molecular flexibility index (Phi) is 1.95. The van der Waals surface area contributed by atoms with E-state index in [0.29, 0.717) is 11.7 Å². The molecule has 12 heavy (non-hydrogen) atoms. The second-order valence-corrected chi connectivity index (χ2v) is 4.31. The molecule has 0 amide bonds. The minimum absolute atomic E-state index is 0.0714. The summed E-state index contributed by atoms with van der Waals surface area (Å²) < 4.78 is 5.23. The molecule has 1 aliphatic heterocycles. The second kappa shape index (κ2) is 2.84. The van der Waals surface area contributed by atoms with E-state index in [-0.39, 0.29) is 5.41 Å². The van der Waals surface area contributed by atoms with E-state index >= 15 is 0 Å². The van der Waals surface area contributed by atoms with Gasteiger partial charge in [-0.2, -0.15) is 0 Å². The first-order valence-corrected chi connectivity index (χ1v) is 4.84. The van der Waals surface area contributed by atoms with Crippen LogP contribution in [0.15, 0.2) is 0 Å². The van der Waals surface area contributed by atoms with Gasteiger partial charge in [0.2, 0.25) is 0 Å². The van der Waals surface area contributed by atoms with Crippen LogP contribution in [-0.2, 0) is 9.53 Å². The molecule has 0 atom stereocenters. The van der Waals surface area contributed by atoms with Crippen LogP contribution in [0.5, 0.6) is 0 Å². The molecule has 1 saturated heterocycles. The second-order valence-electron chi connectivity index (χ2n) is 4.31. The molecule has 2 aliphatic rings. The Morgan fingerprint density at radius 2 is 1.92 bits per heavy atom. The summed E-state index contributed by atoms with van der Waals surface area (Å²) in [5.41, 5.74) is 0.0714. The van der Waals surface area contributed by atoms with Crippen molar-refractivity contribution in [1.29, 1.82) is 0 Å². The van der Waals surface area contributed by atoms with Crippen molar-refractivity contribution in [3.8, 4) is 0 Å². The summed E-state index contributed by atoms with van der Waals surface area (Å²) in [5, 5.41) is 0. The average molecular weight is 168 g/mol. The van der Waals surface area contributed by atoms with Gasteiger partial charge in [0.25, 0.3) is 0 Å². The van der Waals surface area contributed by atoms with E-state index in [1.54, 1.807) is 0 Å². The van der Waals surface area contributed by atoms with E-state index in [1.165, 1.54) is 0 Å². The van der Waals surface area contributed by atoms with Crippen molar-refractivity contribution in [2.75, 3.05) is 13.2 Å². The standard InChI is InChI=1S/C10H16O2/c1-10(4-5-10)9(11)8-2-6-12-7-3-8/h8H,2-7H2,1H3. The van der Waals surface area contributed by atoms with Crippen molar-refractivity contribution in [2.24, 2.45) is 11.3 Å². The Morgan fingerprint density at radius 1 is 1.33 bits per heavy atom. The Bertz CT molecular complexity index is 188. The molecular formula is C10H16O2. The monoisotopic (exact) mass is 168 g/mol. The molecule has 0 aromatic carbocycles. The van der Waals surface area contributed by atoms with Gasteiger partial charge in [0.1, 0.15) is 5.78 Å². The van der Waals surface area contributed by atoms with Crippen LogP contribution in [0.2, 0.25) is 0 Å². The normalized spacial score (nSPS) is 28.4. The van der Waals surface area contributed by atoms with Gasteiger partial charge in [-0.05, 0) is 25.7 Å². The van der Waals surface area contributed by atoms with Crippen LogP contribution in [0.25, 0.3) is 0 Å². The summed E-state index contributed by atoms with van der Waals surface area (Å²) in [6.07, 6.45) is 4.13. The lowest BCUT2D eigenvalue weighted by atomic mass is 9.86. The molecule has 0 bridgehead atoms.